The fourth-order valence-corrected chi connectivity index (χ4v) is 3.53. The van der Waals surface area contributed by atoms with Crippen LogP contribution in [0.3, 0.4) is 0 Å². The molecule has 0 aromatic heterocycles. The highest BCUT2D eigenvalue weighted by Crippen LogP contribution is 2.20. The van der Waals surface area contributed by atoms with Crippen molar-refractivity contribution in [3.05, 3.63) is 29.3 Å². The molecule has 0 bridgehead atoms. The van der Waals surface area contributed by atoms with Crippen molar-refractivity contribution in [1.82, 2.24) is 5.32 Å². The second-order valence-corrected chi connectivity index (χ2v) is 9.45. The maximum absolute atomic E-state index is 11.9. The highest BCUT2D eigenvalue weighted by atomic mass is 35.7. The molecule has 0 spiro atoms. The highest BCUT2D eigenvalue weighted by Gasteiger charge is 2.16. The van der Waals surface area contributed by atoms with Crippen LogP contribution in [0.15, 0.2) is 23.1 Å². The Morgan fingerprint density at radius 2 is 1.86 bits per heavy atom. The summed E-state index contributed by atoms with van der Waals surface area (Å²) in [5, 5.41) is 2.53. The summed E-state index contributed by atoms with van der Waals surface area (Å²) in [7, 11) is -1.70. The lowest BCUT2D eigenvalue weighted by atomic mass is 10.1. The predicted molar refractivity (Wildman–Crippen MR) is 80.9 cm³/mol. The number of halogens is 1. The second-order valence-electron chi connectivity index (χ2n) is 4.66. The molecule has 118 valence electrons. The molecule has 0 radical (unpaired) electrons. The summed E-state index contributed by atoms with van der Waals surface area (Å²) in [4.78, 5) is 11.7. The molecule has 1 rings (SSSR count). The molecule has 0 heterocycles. The molecule has 21 heavy (non-hydrogen) atoms. The van der Waals surface area contributed by atoms with E-state index in [1.165, 1.54) is 18.2 Å². The molecule has 0 saturated heterocycles. The first-order valence-electron chi connectivity index (χ1n) is 6.02. The Labute approximate surface area is 128 Å². The van der Waals surface area contributed by atoms with Gasteiger partial charge in [0.2, 0.25) is 0 Å². The topological polar surface area (TPSA) is 97.4 Å². The Kier molecular flexibility index (Phi) is 5.77. The van der Waals surface area contributed by atoms with Crippen LogP contribution in [0.5, 0.6) is 0 Å². The number of hydrogen-bond acceptors (Lipinski definition) is 5. The van der Waals surface area contributed by atoms with Gasteiger partial charge in [0.1, 0.15) is 9.84 Å². The number of benzene rings is 1. The van der Waals surface area contributed by atoms with Crippen LogP contribution in [0.1, 0.15) is 22.3 Å². The van der Waals surface area contributed by atoms with E-state index < -0.39 is 24.8 Å². The first-order valence-corrected chi connectivity index (χ1v) is 10.4. The maximum atomic E-state index is 11.9. The van der Waals surface area contributed by atoms with Crippen molar-refractivity contribution in [3.8, 4) is 0 Å². The first-order chi connectivity index (χ1) is 9.50. The van der Waals surface area contributed by atoms with Crippen molar-refractivity contribution in [3.63, 3.8) is 0 Å². The Morgan fingerprint density at radius 3 is 2.38 bits per heavy atom. The summed E-state index contributed by atoms with van der Waals surface area (Å²) in [5.74, 6) is -0.507. The number of hydrogen-bond donors (Lipinski definition) is 1. The van der Waals surface area contributed by atoms with Gasteiger partial charge in [-0.1, -0.05) is 6.07 Å². The predicted octanol–water partition coefficient (Wildman–Crippen LogP) is 1.09. The second kappa shape index (κ2) is 6.76. The minimum absolute atomic E-state index is 0.0253. The normalized spacial score (nSPS) is 12.1. The van der Waals surface area contributed by atoms with Crippen molar-refractivity contribution in [1.29, 1.82) is 0 Å². The smallest absolute Gasteiger partial charge is 0.261 e. The van der Waals surface area contributed by atoms with Crippen molar-refractivity contribution in [2.45, 2.75) is 18.2 Å². The number of nitrogens with one attached hydrogen (secondary N) is 1. The quantitative estimate of drug-likeness (QED) is 0.609. The van der Waals surface area contributed by atoms with Crippen LogP contribution in [-0.4, -0.2) is 41.3 Å². The lowest BCUT2D eigenvalue weighted by Crippen LogP contribution is -2.26. The van der Waals surface area contributed by atoms with Crippen molar-refractivity contribution in [2.75, 3.05) is 18.6 Å². The zero-order valence-corrected chi connectivity index (χ0v) is 14.0. The maximum Gasteiger partial charge on any atom is 0.261 e. The highest BCUT2D eigenvalue weighted by molar-refractivity contribution is 8.13. The summed E-state index contributed by atoms with van der Waals surface area (Å²) in [6.07, 6.45) is 1.41. The van der Waals surface area contributed by atoms with Crippen LogP contribution in [0, 0.1) is 6.92 Å². The van der Waals surface area contributed by atoms with Gasteiger partial charge in [-0.15, -0.1) is 0 Å². The van der Waals surface area contributed by atoms with Crippen LogP contribution in [-0.2, 0) is 18.9 Å². The molecule has 0 aliphatic rings. The monoisotopic (exact) mass is 353 g/mol. The minimum atomic E-state index is -3.92. The molecule has 9 heteroatoms. The lowest BCUT2D eigenvalue weighted by molar-refractivity contribution is 0.0953. The van der Waals surface area contributed by atoms with E-state index >= 15 is 0 Å². The minimum Gasteiger partial charge on any atom is -0.352 e. The molecule has 1 aromatic rings. The number of aryl methyl sites for hydroxylation is 1. The number of sulfone groups is 1. The van der Waals surface area contributed by atoms with Gasteiger partial charge in [0, 0.05) is 29.0 Å². The van der Waals surface area contributed by atoms with E-state index in [1.807, 2.05) is 0 Å². The number of rotatable bonds is 6. The summed E-state index contributed by atoms with van der Waals surface area (Å²) >= 11 is 0. The van der Waals surface area contributed by atoms with E-state index in [-0.39, 0.29) is 29.2 Å². The Bertz CT molecular complexity index is 741. The number of carbonyl (C=O) groups excluding carboxylic acids is 1. The largest absolute Gasteiger partial charge is 0.352 e. The van der Waals surface area contributed by atoms with Crippen LogP contribution in [0.2, 0.25) is 0 Å². The van der Waals surface area contributed by atoms with Gasteiger partial charge in [-0.25, -0.2) is 16.8 Å². The summed E-state index contributed by atoms with van der Waals surface area (Å²) in [6.45, 7) is 1.76. The molecule has 1 aromatic carbocycles. The van der Waals surface area contributed by atoms with Crippen molar-refractivity contribution >= 4 is 35.5 Å². The zero-order chi connectivity index (χ0) is 16.3. The van der Waals surface area contributed by atoms with Crippen molar-refractivity contribution in [2.24, 2.45) is 0 Å². The zero-order valence-electron chi connectivity index (χ0n) is 11.6. The molecular formula is C12H16ClNO5S2. The molecule has 0 fully saturated rings. The van der Waals surface area contributed by atoms with E-state index in [0.717, 1.165) is 6.26 Å². The van der Waals surface area contributed by atoms with Crippen LogP contribution in [0.25, 0.3) is 0 Å². The van der Waals surface area contributed by atoms with Crippen LogP contribution < -0.4 is 5.32 Å². The molecule has 0 aliphatic carbocycles. The fourth-order valence-electron chi connectivity index (χ4n) is 1.64. The van der Waals surface area contributed by atoms with E-state index in [4.69, 9.17) is 10.7 Å². The number of amides is 1. The Hall–Kier alpha value is -1.12. The van der Waals surface area contributed by atoms with Gasteiger partial charge in [0.05, 0.1) is 10.6 Å². The van der Waals surface area contributed by atoms with Crippen LogP contribution >= 0.6 is 10.7 Å². The summed E-state index contributed by atoms with van der Waals surface area (Å²) in [5.41, 5.74) is 0.595. The van der Waals surface area contributed by atoms with Crippen molar-refractivity contribution < 1.29 is 21.6 Å². The van der Waals surface area contributed by atoms with E-state index in [0.29, 0.717) is 5.56 Å². The molecule has 6 nitrogen and oxygen atoms in total. The standard InChI is InChI=1S/C12H16ClNO5S2/c1-9-4-5-10(8-11(9)21(13,18)19)12(15)14-6-3-7-20(2,16)17/h4-5,8H,3,6-7H2,1-2H3,(H,14,15). The summed E-state index contributed by atoms with van der Waals surface area (Å²) < 4.78 is 44.6. The third-order valence-corrected chi connectivity index (χ3v) is 5.18. The van der Waals surface area contributed by atoms with Gasteiger partial charge in [-0.3, -0.25) is 4.79 Å². The molecule has 0 saturated carbocycles. The van der Waals surface area contributed by atoms with Gasteiger partial charge < -0.3 is 5.32 Å². The molecule has 0 unspecified atom stereocenters. The van der Waals surface area contributed by atoms with Gasteiger partial charge in [-0.2, -0.15) is 0 Å². The molecule has 0 aliphatic heterocycles. The fraction of sp³-hybridized carbons (Fsp3) is 0.417. The van der Waals surface area contributed by atoms with Gasteiger partial charge in [-0.05, 0) is 31.0 Å². The summed E-state index contributed by atoms with van der Waals surface area (Å²) in [6, 6.07) is 4.16. The molecule has 1 N–H and O–H groups in total. The van der Waals surface area contributed by atoms with Gasteiger partial charge >= 0.3 is 0 Å². The Morgan fingerprint density at radius 1 is 1.24 bits per heavy atom. The average Bonchev–Trinajstić information content (AvgIpc) is 2.32. The SMILES string of the molecule is Cc1ccc(C(=O)NCCCS(C)(=O)=O)cc1S(=O)(=O)Cl. The van der Waals surface area contributed by atoms with Gasteiger partial charge in [0.15, 0.2) is 0 Å². The third kappa shape index (κ3) is 6.03. The van der Waals surface area contributed by atoms with Crippen LogP contribution in [0.4, 0.5) is 0 Å². The first kappa shape index (κ1) is 17.9. The third-order valence-electron chi connectivity index (χ3n) is 2.69. The molecular weight excluding hydrogens is 338 g/mol. The number of carbonyl (C=O) groups is 1. The molecule has 1 amide bonds. The van der Waals surface area contributed by atoms with E-state index in [1.54, 1.807) is 6.92 Å². The lowest BCUT2D eigenvalue weighted by Gasteiger charge is -2.07. The molecule has 0 atom stereocenters. The van der Waals surface area contributed by atoms with E-state index in [9.17, 15) is 21.6 Å². The van der Waals surface area contributed by atoms with Gasteiger partial charge in [0.25, 0.3) is 15.0 Å². The Balaban J connectivity index is 2.76. The average molecular weight is 354 g/mol. The van der Waals surface area contributed by atoms with E-state index in [2.05, 4.69) is 5.32 Å².